The van der Waals surface area contributed by atoms with Gasteiger partial charge < -0.3 is 5.32 Å². The van der Waals surface area contributed by atoms with E-state index in [9.17, 15) is 9.59 Å². The Balaban J connectivity index is 1.57. The third kappa shape index (κ3) is 2.36. The van der Waals surface area contributed by atoms with Gasteiger partial charge in [-0.1, -0.05) is 11.8 Å². The number of nitrogens with one attached hydrogen (secondary N) is 1. The number of rotatable bonds is 3. The second-order valence-electron chi connectivity index (χ2n) is 5.40. The van der Waals surface area contributed by atoms with Crippen molar-refractivity contribution in [3.05, 3.63) is 33.2 Å². The van der Waals surface area contributed by atoms with Crippen LogP contribution in [0.15, 0.2) is 21.5 Å². The quantitative estimate of drug-likeness (QED) is 0.867. The summed E-state index contributed by atoms with van der Waals surface area (Å²) in [4.78, 5) is 33.4. The summed E-state index contributed by atoms with van der Waals surface area (Å²) in [6.45, 7) is 0. The molecule has 0 fully saturated rings. The van der Waals surface area contributed by atoms with Crippen molar-refractivity contribution >= 4 is 34.1 Å². The number of aryl methyl sites for hydroxylation is 1. The van der Waals surface area contributed by atoms with Crippen molar-refractivity contribution in [2.75, 3.05) is 11.1 Å². The number of amides is 1. The van der Waals surface area contributed by atoms with Crippen LogP contribution in [-0.2, 0) is 17.6 Å². The summed E-state index contributed by atoms with van der Waals surface area (Å²) < 4.78 is 1.72. The summed E-state index contributed by atoms with van der Waals surface area (Å²) >= 11 is 2.95. The van der Waals surface area contributed by atoms with E-state index in [-0.39, 0.29) is 23.9 Å². The second kappa shape index (κ2) is 5.51. The molecule has 0 bridgehead atoms. The predicted molar refractivity (Wildman–Crippen MR) is 85.6 cm³/mol. The highest BCUT2D eigenvalue weighted by molar-refractivity contribution is 7.99. The molecule has 8 heteroatoms. The van der Waals surface area contributed by atoms with E-state index in [1.807, 2.05) is 5.38 Å². The number of hydrogen-bond acceptors (Lipinski definition) is 6. The number of nitrogens with zero attached hydrogens (tertiary/aromatic N) is 3. The Labute approximate surface area is 135 Å². The fraction of sp³-hybridized carbons (Fsp3) is 0.429. The van der Waals surface area contributed by atoms with Gasteiger partial charge in [-0.05, 0) is 19.3 Å². The van der Waals surface area contributed by atoms with Crippen molar-refractivity contribution in [3.63, 3.8) is 0 Å². The largest absolute Gasteiger partial charge is 0.302 e. The van der Waals surface area contributed by atoms with Crippen LogP contribution >= 0.6 is 23.1 Å². The molecule has 0 aromatic carbocycles. The normalized spacial score (nSPS) is 19.0. The lowest BCUT2D eigenvalue weighted by Crippen LogP contribution is -2.30. The highest BCUT2D eigenvalue weighted by Crippen LogP contribution is 2.34. The molecule has 0 saturated carbocycles. The number of carbonyl (C=O) groups excluding carboxylic acids is 1. The number of aromatic nitrogens is 3. The van der Waals surface area contributed by atoms with Gasteiger partial charge in [0.2, 0.25) is 5.91 Å². The Hall–Kier alpha value is -1.67. The van der Waals surface area contributed by atoms with E-state index in [0.717, 1.165) is 41.4 Å². The zero-order valence-electron chi connectivity index (χ0n) is 11.7. The minimum Gasteiger partial charge on any atom is -0.302 e. The Kier molecular flexibility index (Phi) is 3.50. The summed E-state index contributed by atoms with van der Waals surface area (Å²) in [6, 6.07) is -0.120. The first kappa shape index (κ1) is 14.0. The van der Waals surface area contributed by atoms with Gasteiger partial charge in [0.1, 0.15) is 0 Å². The van der Waals surface area contributed by atoms with Crippen LogP contribution in [0.1, 0.15) is 30.1 Å². The lowest BCUT2D eigenvalue weighted by molar-refractivity contribution is -0.116. The molecule has 4 rings (SSSR count). The Morgan fingerprint density at radius 3 is 3.18 bits per heavy atom. The Morgan fingerprint density at radius 1 is 1.45 bits per heavy atom. The topological polar surface area (TPSA) is 76.9 Å². The first-order chi connectivity index (χ1) is 10.7. The zero-order chi connectivity index (χ0) is 15.1. The molecule has 1 aliphatic heterocycles. The van der Waals surface area contributed by atoms with Gasteiger partial charge in [0.15, 0.2) is 10.3 Å². The number of anilines is 1. The summed E-state index contributed by atoms with van der Waals surface area (Å²) in [5.41, 5.74) is 1.85. The molecule has 1 atom stereocenters. The fourth-order valence-electron chi connectivity index (χ4n) is 2.97. The average molecular weight is 334 g/mol. The van der Waals surface area contributed by atoms with Gasteiger partial charge in [-0.2, -0.15) is 0 Å². The summed E-state index contributed by atoms with van der Waals surface area (Å²) in [5, 5.41) is 5.94. The molecule has 6 nitrogen and oxygen atoms in total. The van der Waals surface area contributed by atoms with E-state index in [1.54, 1.807) is 22.5 Å². The van der Waals surface area contributed by atoms with Crippen molar-refractivity contribution in [1.82, 2.24) is 14.5 Å². The van der Waals surface area contributed by atoms with Crippen LogP contribution in [0.5, 0.6) is 0 Å². The predicted octanol–water partition coefficient (Wildman–Crippen LogP) is 1.86. The molecule has 1 amide bonds. The molecule has 2 aromatic heterocycles. The third-order valence-corrected chi connectivity index (χ3v) is 5.76. The smallest absolute Gasteiger partial charge is 0.257 e. The highest BCUT2D eigenvalue weighted by Gasteiger charge is 2.31. The number of hydrogen-bond donors (Lipinski definition) is 1. The van der Waals surface area contributed by atoms with Gasteiger partial charge >= 0.3 is 0 Å². The maximum Gasteiger partial charge on any atom is 0.257 e. The van der Waals surface area contributed by atoms with Crippen molar-refractivity contribution < 1.29 is 4.79 Å². The molecule has 1 unspecified atom stereocenters. The van der Waals surface area contributed by atoms with Crippen molar-refractivity contribution in [3.8, 4) is 0 Å². The van der Waals surface area contributed by atoms with Gasteiger partial charge in [-0.25, -0.2) is 9.97 Å². The van der Waals surface area contributed by atoms with Crippen molar-refractivity contribution in [2.24, 2.45) is 0 Å². The van der Waals surface area contributed by atoms with Crippen molar-refractivity contribution in [2.45, 2.75) is 36.9 Å². The van der Waals surface area contributed by atoms with Crippen LogP contribution in [0.4, 0.5) is 5.13 Å². The first-order valence-electron chi connectivity index (χ1n) is 7.19. The van der Waals surface area contributed by atoms with Gasteiger partial charge in [0.05, 0.1) is 11.7 Å². The minimum atomic E-state index is -0.120. The number of thioether (sulfide) groups is 1. The average Bonchev–Trinajstić information content (AvgIpc) is 3.20. The maximum atomic E-state index is 12.6. The minimum absolute atomic E-state index is 0.0505. The molecule has 2 aliphatic rings. The highest BCUT2D eigenvalue weighted by atomic mass is 32.2. The molecular weight excluding hydrogens is 320 g/mol. The zero-order valence-corrected chi connectivity index (χ0v) is 13.4. The van der Waals surface area contributed by atoms with E-state index < -0.39 is 0 Å². The van der Waals surface area contributed by atoms with Gasteiger partial charge in [0.25, 0.3) is 5.56 Å². The van der Waals surface area contributed by atoms with Crippen LogP contribution in [0.25, 0.3) is 0 Å². The van der Waals surface area contributed by atoms with Crippen LogP contribution in [-0.4, -0.2) is 26.2 Å². The van der Waals surface area contributed by atoms with E-state index in [0.29, 0.717) is 5.13 Å². The molecule has 1 aliphatic carbocycles. The second-order valence-corrected chi connectivity index (χ2v) is 7.28. The van der Waals surface area contributed by atoms with Gasteiger partial charge in [0, 0.05) is 29.3 Å². The van der Waals surface area contributed by atoms with Crippen LogP contribution in [0.2, 0.25) is 0 Å². The molecule has 114 valence electrons. The molecule has 1 N–H and O–H groups in total. The number of thiazole rings is 1. The van der Waals surface area contributed by atoms with E-state index >= 15 is 0 Å². The number of carbonyl (C=O) groups is 1. The van der Waals surface area contributed by atoms with Crippen LogP contribution < -0.4 is 10.9 Å². The molecule has 0 saturated heterocycles. The molecule has 0 spiro atoms. The van der Waals surface area contributed by atoms with Crippen LogP contribution in [0.3, 0.4) is 0 Å². The Morgan fingerprint density at radius 2 is 2.36 bits per heavy atom. The fourth-order valence-corrected chi connectivity index (χ4v) is 4.67. The summed E-state index contributed by atoms with van der Waals surface area (Å²) in [5.74, 6) is 0.608. The van der Waals surface area contributed by atoms with E-state index in [2.05, 4.69) is 15.3 Å². The van der Waals surface area contributed by atoms with Crippen molar-refractivity contribution in [1.29, 1.82) is 0 Å². The molecule has 2 aromatic rings. The van der Waals surface area contributed by atoms with E-state index in [1.165, 1.54) is 11.3 Å². The molecular formula is C14H14N4O2S2. The molecule has 22 heavy (non-hydrogen) atoms. The number of fused-ring (bicyclic) bond motifs is 2. The van der Waals surface area contributed by atoms with Crippen LogP contribution in [0, 0.1) is 0 Å². The molecule has 0 radical (unpaired) electrons. The standard InChI is InChI=1S/C14H14N4O2S2/c19-11(17-13-15-4-5-21-13)6-8-7-22-14-16-10-3-1-2-9(10)12(20)18(8)14/h4-5,8H,1-3,6-7H2,(H,15,17,19). The monoisotopic (exact) mass is 334 g/mol. The summed E-state index contributed by atoms with van der Waals surface area (Å²) in [6.07, 6.45) is 4.64. The van der Waals surface area contributed by atoms with E-state index in [4.69, 9.17) is 0 Å². The maximum absolute atomic E-state index is 12.6. The summed E-state index contributed by atoms with van der Waals surface area (Å²) in [7, 11) is 0. The first-order valence-corrected chi connectivity index (χ1v) is 9.05. The van der Waals surface area contributed by atoms with Gasteiger partial charge in [-0.3, -0.25) is 14.2 Å². The SMILES string of the molecule is O=C(CC1CSc2nc3c(c(=O)n21)CCC3)Nc1nccs1. The lowest BCUT2D eigenvalue weighted by Gasteiger charge is -2.13. The third-order valence-electron chi connectivity index (χ3n) is 3.97. The lowest BCUT2D eigenvalue weighted by atomic mass is 10.2. The Bertz CT molecular complexity index is 785. The van der Waals surface area contributed by atoms with Gasteiger partial charge in [-0.15, -0.1) is 11.3 Å². The molecule has 3 heterocycles.